The number of carbonyl (C=O) groups excluding carboxylic acids is 1. The number of hydrogen-bond donors (Lipinski definition) is 3. The average Bonchev–Trinajstić information content (AvgIpc) is 3.48. The monoisotopic (exact) mass is 570 g/mol. The van der Waals surface area contributed by atoms with Crippen molar-refractivity contribution < 1.29 is 27.5 Å². The Labute approximate surface area is 232 Å². The third kappa shape index (κ3) is 5.14. The first-order chi connectivity index (χ1) is 19.0. The van der Waals surface area contributed by atoms with Gasteiger partial charge < -0.3 is 15.3 Å². The van der Waals surface area contributed by atoms with Crippen LogP contribution in [0.5, 0.6) is 0 Å². The van der Waals surface area contributed by atoms with Gasteiger partial charge in [-0.3, -0.25) is 14.6 Å². The minimum absolute atomic E-state index is 0.0271. The van der Waals surface area contributed by atoms with Crippen LogP contribution >= 0.6 is 0 Å². The lowest BCUT2D eigenvalue weighted by molar-refractivity contribution is -0.142. The molecule has 0 saturated heterocycles. The lowest BCUT2D eigenvalue weighted by Crippen LogP contribution is -2.26. The SMILES string of the molecule is CC1=C(C#N)C(c2cc3c(NC(=O)c4cn(CC(C)(C)O)nc4C(F)(F)F)n[nH]c3c(C)c2F)C(C#N)=C(C)N1C. The predicted octanol–water partition coefficient (Wildman–Crippen LogP) is 4.87. The Morgan fingerprint density at radius 3 is 2.27 bits per heavy atom. The first-order valence-electron chi connectivity index (χ1n) is 12.3. The molecule has 10 nitrogen and oxygen atoms in total. The van der Waals surface area contributed by atoms with E-state index in [0.717, 1.165) is 10.9 Å². The Balaban J connectivity index is 1.84. The molecule has 41 heavy (non-hydrogen) atoms. The van der Waals surface area contributed by atoms with Crippen LogP contribution in [0.4, 0.5) is 23.4 Å². The summed E-state index contributed by atoms with van der Waals surface area (Å²) in [5.74, 6) is -3.14. The lowest BCUT2D eigenvalue weighted by atomic mass is 9.80. The molecule has 0 fully saturated rings. The summed E-state index contributed by atoms with van der Waals surface area (Å²) in [7, 11) is 1.68. The molecule has 4 rings (SSSR count). The number of nitriles is 2. The molecule has 0 spiro atoms. The van der Waals surface area contributed by atoms with Gasteiger partial charge in [0.2, 0.25) is 0 Å². The number of rotatable bonds is 5. The number of hydrogen-bond acceptors (Lipinski definition) is 7. The average molecular weight is 571 g/mol. The third-order valence-electron chi connectivity index (χ3n) is 7.03. The fourth-order valence-electron chi connectivity index (χ4n) is 4.85. The topological polar surface area (TPSA) is 147 Å². The van der Waals surface area contributed by atoms with Gasteiger partial charge in [0.25, 0.3) is 5.91 Å². The number of aromatic nitrogens is 4. The van der Waals surface area contributed by atoms with E-state index in [-0.39, 0.29) is 45.5 Å². The lowest BCUT2D eigenvalue weighted by Gasteiger charge is -2.33. The Morgan fingerprint density at radius 1 is 1.17 bits per heavy atom. The number of nitrogens with zero attached hydrogens (tertiary/aromatic N) is 6. The second-order valence-electron chi connectivity index (χ2n) is 10.5. The zero-order valence-corrected chi connectivity index (χ0v) is 23.0. The molecular formula is C27H26F4N8O2. The molecule has 2 aromatic heterocycles. The van der Waals surface area contributed by atoms with E-state index in [4.69, 9.17) is 0 Å². The molecule has 14 heteroatoms. The predicted molar refractivity (Wildman–Crippen MR) is 139 cm³/mol. The highest BCUT2D eigenvalue weighted by molar-refractivity contribution is 6.08. The molecule has 0 unspecified atom stereocenters. The van der Waals surface area contributed by atoms with Crippen molar-refractivity contribution in [2.45, 2.75) is 58.9 Å². The summed E-state index contributed by atoms with van der Waals surface area (Å²) in [6, 6.07) is 5.47. The molecule has 1 aliphatic heterocycles. The van der Waals surface area contributed by atoms with Crippen molar-refractivity contribution in [2.24, 2.45) is 0 Å². The number of nitrogens with one attached hydrogen (secondary N) is 2. The van der Waals surface area contributed by atoms with Crippen LogP contribution in [-0.2, 0) is 12.7 Å². The van der Waals surface area contributed by atoms with Gasteiger partial charge in [0.15, 0.2) is 11.5 Å². The molecule has 0 saturated carbocycles. The highest BCUT2D eigenvalue weighted by Gasteiger charge is 2.40. The first kappa shape index (κ1) is 29.3. The van der Waals surface area contributed by atoms with Gasteiger partial charge in [0.05, 0.1) is 52.4 Å². The fourth-order valence-corrected chi connectivity index (χ4v) is 4.85. The number of halogens is 4. The van der Waals surface area contributed by atoms with E-state index < -0.39 is 40.7 Å². The number of aryl methyl sites for hydroxylation is 1. The molecule has 0 radical (unpaired) electrons. The normalized spacial score (nSPS) is 15.0. The van der Waals surface area contributed by atoms with Crippen LogP contribution in [0.25, 0.3) is 10.9 Å². The van der Waals surface area contributed by atoms with Crippen molar-refractivity contribution in [1.82, 2.24) is 24.9 Å². The number of H-pyrrole nitrogens is 1. The zero-order chi connectivity index (χ0) is 30.6. The Kier molecular flexibility index (Phi) is 7.18. The minimum atomic E-state index is -4.97. The maximum Gasteiger partial charge on any atom is 0.435 e. The number of aliphatic hydroxyl groups is 1. The van der Waals surface area contributed by atoms with Crippen molar-refractivity contribution in [3.05, 3.63) is 63.0 Å². The van der Waals surface area contributed by atoms with Crippen molar-refractivity contribution in [1.29, 1.82) is 10.5 Å². The molecule has 0 aliphatic carbocycles. The van der Waals surface area contributed by atoms with Gasteiger partial charge in [0, 0.05) is 41.2 Å². The number of alkyl halides is 3. The molecule has 0 atom stereocenters. The molecule has 1 amide bonds. The van der Waals surface area contributed by atoms with E-state index >= 15 is 4.39 Å². The van der Waals surface area contributed by atoms with E-state index in [0.29, 0.717) is 11.4 Å². The number of carbonyl (C=O) groups is 1. The number of aromatic amines is 1. The second kappa shape index (κ2) is 10.1. The molecule has 1 aromatic carbocycles. The number of anilines is 1. The van der Waals surface area contributed by atoms with Crippen LogP contribution in [0.2, 0.25) is 0 Å². The highest BCUT2D eigenvalue weighted by Crippen LogP contribution is 2.43. The number of amides is 1. The van der Waals surface area contributed by atoms with Crippen LogP contribution in [0.1, 0.15) is 60.8 Å². The van der Waals surface area contributed by atoms with Gasteiger partial charge in [-0.05, 0) is 40.7 Å². The van der Waals surface area contributed by atoms with Crippen LogP contribution in [-0.4, -0.2) is 48.5 Å². The second-order valence-corrected chi connectivity index (χ2v) is 10.5. The summed E-state index contributed by atoms with van der Waals surface area (Å²) in [6.07, 6.45) is -4.10. The van der Waals surface area contributed by atoms with Gasteiger partial charge in [-0.25, -0.2) is 4.39 Å². The molecule has 0 bridgehead atoms. The summed E-state index contributed by atoms with van der Waals surface area (Å²) >= 11 is 0. The van der Waals surface area contributed by atoms with Gasteiger partial charge in [-0.1, -0.05) is 0 Å². The van der Waals surface area contributed by atoms with E-state index in [1.807, 2.05) is 0 Å². The van der Waals surface area contributed by atoms with Crippen molar-refractivity contribution in [2.75, 3.05) is 12.4 Å². The van der Waals surface area contributed by atoms with Crippen LogP contribution < -0.4 is 5.32 Å². The summed E-state index contributed by atoms with van der Waals surface area (Å²) in [5, 5.41) is 42.4. The number of benzene rings is 1. The summed E-state index contributed by atoms with van der Waals surface area (Å²) in [4.78, 5) is 14.8. The zero-order valence-electron chi connectivity index (χ0n) is 23.0. The van der Waals surface area contributed by atoms with Crippen LogP contribution in [0, 0.1) is 35.4 Å². The van der Waals surface area contributed by atoms with Gasteiger partial charge in [-0.2, -0.15) is 33.9 Å². The summed E-state index contributed by atoms with van der Waals surface area (Å²) < 4.78 is 57.8. The Hall–Kier alpha value is -4.69. The molecule has 3 N–H and O–H groups in total. The fraction of sp³-hybridized carbons (Fsp3) is 0.370. The summed E-state index contributed by atoms with van der Waals surface area (Å²) in [5.41, 5.74) is -2.10. The number of allylic oxidation sites excluding steroid dienone is 4. The largest absolute Gasteiger partial charge is 0.435 e. The Morgan fingerprint density at radius 2 is 1.76 bits per heavy atom. The van der Waals surface area contributed by atoms with Gasteiger partial charge >= 0.3 is 6.18 Å². The first-order valence-corrected chi connectivity index (χ1v) is 12.3. The standard InChI is InChI=1S/C27H26F4N8O2/c1-12-21(28)15(20-17(8-32)13(2)38(6)14(3)18(20)9-33)7-16-22(12)35-36-24(16)34-25(40)19-10-39(11-26(4,5)41)37-23(19)27(29,30)31/h7,10,20,41H,11H2,1-6H3,(H2,34,35,36,40). The van der Waals surface area contributed by atoms with E-state index in [1.54, 1.807) is 25.8 Å². The molecule has 214 valence electrons. The maximum absolute atomic E-state index is 15.8. The summed E-state index contributed by atoms with van der Waals surface area (Å²) in [6.45, 7) is 7.23. The van der Waals surface area contributed by atoms with E-state index in [2.05, 4.69) is 32.8 Å². The van der Waals surface area contributed by atoms with Crippen molar-refractivity contribution in [3.8, 4) is 12.1 Å². The molecule has 1 aliphatic rings. The van der Waals surface area contributed by atoms with Gasteiger partial charge in [-0.15, -0.1) is 0 Å². The number of fused-ring (bicyclic) bond motifs is 1. The molecule has 3 heterocycles. The molecular weight excluding hydrogens is 544 g/mol. The molecule has 3 aromatic rings. The Bertz CT molecular complexity index is 1690. The van der Waals surface area contributed by atoms with Crippen LogP contribution in [0.15, 0.2) is 34.8 Å². The van der Waals surface area contributed by atoms with E-state index in [9.17, 15) is 33.6 Å². The van der Waals surface area contributed by atoms with Crippen molar-refractivity contribution in [3.63, 3.8) is 0 Å². The maximum atomic E-state index is 15.8. The van der Waals surface area contributed by atoms with Crippen molar-refractivity contribution >= 4 is 22.6 Å². The minimum Gasteiger partial charge on any atom is -0.389 e. The highest BCUT2D eigenvalue weighted by atomic mass is 19.4. The van der Waals surface area contributed by atoms with Crippen LogP contribution in [0.3, 0.4) is 0 Å². The van der Waals surface area contributed by atoms with Gasteiger partial charge in [0.1, 0.15) is 5.82 Å². The third-order valence-corrected chi connectivity index (χ3v) is 7.03. The smallest absolute Gasteiger partial charge is 0.389 e. The quantitative estimate of drug-likeness (QED) is 0.371. The van der Waals surface area contributed by atoms with E-state index in [1.165, 1.54) is 26.8 Å².